The molecule has 1 saturated heterocycles. The Morgan fingerprint density at radius 2 is 1.78 bits per heavy atom. The maximum atomic E-state index is 13.1. The third kappa shape index (κ3) is 4.60. The van der Waals surface area contributed by atoms with Gasteiger partial charge < -0.3 is 20.1 Å². The standard InChI is InChI=1S/C30H32ClN5O/c1-35-28(20-9-11-24(12-10-20)36-17-15-32-16-18-36)26(27-25(31)13-14-33-29(27)35)21-5-4-6-22(19-21)30(37)34-23-7-2-3-8-23/h4-6,9-14,19,23,32H,2-3,7-8,15-18H2,1H3,(H,34,37). The molecular formula is C30H32ClN5O. The van der Waals surface area contributed by atoms with Gasteiger partial charge in [0.25, 0.3) is 5.91 Å². The minimum Gasteiger partial charge on any atom is -0.369 e. The number of aromatic nitrogens is 2. The quantitative estimate of drug-likeness (QED) is 0.362. The molecule has 2 aromatic heterocycles. The van der Waals surface area contributed by atoms with Crippen LogP contribution in [0.5, 0.6) is 0 Å². The Balaban J connectivity index is 1.44. The Morgan fingerprint density at radius 3 is 2.54 bits per heavy atom. The van der Waals surface area contributed by atoms with Gasteiger partial charge in [-0.3, -0.25) is 4.79 Å². The van der Waals surface area contributed by atoms with E-state index in [0.717, 1.165) is 72.4 Å². The summed E-state index contributed by atoms with van der Waals surface area (Å²) in [6.07, 6.45) is 6.23. The second-order valence-electron chi connectivity index (χ2n) is 10.1. The van der Waals surface area contributed by atoms with Gasteiger partial charge in [-0.1, -0.05) is 48.7 Å². The van der Waals surface area contributed by atoms with E-state index < -0.39 is 0 Å². The maximum absolute atomic E-state index is 13.1. The van der Waals surface area contributed by atoms with Crippen molar-refractivity contribution >= 4 is 34.2 Å². The number of carbonyl (C=O) groups excluding carboxylic acids is 1. The number of halogens is 1. The molecule has 0 unspecified atom stereocenters. The number of pyridine rings is 1. The number of anilines is 1. The van der Waals surface area contributed by atoms with E-state index in [-0.39, 0.29) is 11.9 Å². The molecule has 1 aliphatic heterocycles. The van der Waals surface area contributed by atoms with Crippen LogP contribution in [-0.2, 0) is 7.05 Å². The van der Waals surface area contributed by atoms with Crippen molar-refractivity contribution in [2.75, 3.05) is 31.1 Å². The van der Waals surface area contributed by atoms with Crippen LogP contribution >= 0.6 is 11.6 Å². The lowest BCUT2D eigenvalue weighted by molar-refractivity contribution is 0.0938. The Hall–Kier alpha value is -3.35. The van der Waals surface area contributed by atoms with Gasteiger partial charge in [0.2, 0.25) is 0 Å². The van der Waals surface area contributed by atoms with Crippen molar-refractivity contribution in [3.05, 3.63) is 71.4 Å². The number of amides is 1. The van der Waals surface area contributed by atoms with E-state index >= 15 is 0 Å². The SMILES string of the molecule is Cn1c(-c2ccc(N3CCNCC3)cc2)c(-c2cccc(C(=O)NC3CCCC3)c2)c2c(Cl)ccnc21. The Morgan fingerprint density at radius 1 is 1.03 bits per heavy atom. The average molecular weight is 514 g/mol. The molecule has 2 fully saturated rings. The summed E-state index contributed by atoms with van der Waals surface area (Å²) in [6.45, 7) is 4.02. The zero-order chi connectivity index (χ0) is 25.4. The van der Waals surface area contributed by atoms with Crippen LogP contribution in [0.1, 0.15) is 36.0 Å². The van der Waals surface area contributed by atoms with Crippen LogP contribution in [-0.4, -0.2) is 47.7 Å². The summed E-state index contributed by atoms with van der Waals surface area (Å²) < 4.78 is 2.11. The van der Waals surface area contributed by atoms with Gasteiger partial charge in [0.15, 0.2) is 0 Å². The van der Waals surface area contributed by atoms with E-state index in [1.165, 1.54) is 18.5 Å². The van der Waals surface area contributed by atoms with Gasteiger partial charge in [0, 0.05) is 67.7 Å². The number of nitrogens with one attached hydrogen (secondary N) is 2. The molecule has 0 bridgehead atoms. The minimum atomic E-state index is -0.0138. The first-order valence-corrected chi connectivity index (χ1v) is 13.6. The number of benzene rings is 2. The van der Waals surface area contributed by atoms with Gasteiger partial charge in [-0.15, -0.1) is 0 Å². The molecule has 2 aromatic carbocycles. The van der Waals surface area contributed by atoms with Crippen LogP contribution in [0.4, 0.5) is 5.69 Å². The van der Waals surface area contributed by atoms with Crippen LogP contribution < -0.4 is 15.5 Å². The fourth-order valence-electron chi connectivity index (χ4n) is 5.83. The highest BCUT2D eigenvalue weighted by molar-refractivity contribution is 6.37. The number of carbonyl (C=O) groups is 1. The summed E-state index contributed by atoms with van der Waals surface area (Å²) in [6, 6.07) is 18.8. The van der Waals surface area contributed by atoms with Gasteiger partial charge in [-0.05, 0) is 54.3 Å². The molecule has 37 heavy (non-hydrogen) atoms. The monoisotopic (exact) mass is 513 g/mol. The number of rotatable bonds is 5. The third-order valence-electron chi connectivity index (χ3n) is 7.75. The van der Waals surface area contributed by atoms with Crippen molar-refractivity contribution in [2.24, 2.45) is 7.05 Å². The lowest BCUT2D eigenvalue weighted by atomic mass is 9.97. The molecule has 4 aromatic rings. The Kier molecular flexibility index (Phi) is 6.61. The smallest absolute Gasteiger partial charge is 0.251 e. The molecule has 6 nitrogen and oxygen atoms in total. The average Bonchev–Trinajstić information content (AvgIpc) is 3.56. The minimum absolute atomic E-state index is 0.0138. The van der Waals surface area contributed by atoms with Crippen molar-refractivity contribution in [2.45, 2.75) is 31.7 Å². The summed E-state index contributed by atoms with van der Waals surface area (Å²) in [7, 11) is 2.03. The topological polar surface area (TPSA) is 62.2 Å². The van der Waals surface area contributed by atoms with E-state index in [1.807, 2.05) is 31.3 Å². The maximum Gasteiger partial charge on any atom is 0.251 e. The van der Waals surface area contributed by atoms with Crippen LogP contribution in [0.2, 0.25) is 5.02 Å². The molecule has 0 radical (unpaired) electrons. The second-order valence-corrected chi connectivity index (χ2v) is 10.5. The second kappa shape index (κ2) is 10.2. The van der Waals surface area contributed by atoms with Crippen molar-refractivity contribution < 1.29 is 4.79 Å². The number of hydrogen-bond donors (Lipinski definition) is 2. The Bertz CT molecular complexity index is 1430. The summed E-state index contributed by atoms with van der Waals surface area (Å²) in [5.74, 6) is -0.0138. The van der Waals surface area contributed by atoms with E-state index in [2.05, 4.69) is 55.4 Å². The highest BCUT2D eigenvalue weighted by Gasteiger charge is 2.23. The van der Waals surface area contributed by atoms with E-state index in [1.54, 1.807) is 6.20 Å². The molecule has 2 aliphatic rings. The van der Waals surface area contributed by atoms with E-state index in [9.17, 15) is 4.79 Å². The van der Waals surface area contributed by atoms with Crippen LogP contribution in [0, 0.1) is 0 Å². The molecule has 2 N–H and O–H groups in total. The predicted molar refractivity (Wildman–Crippen MR) is 151 cm³/mol. The summed E-state index contributed by atoms with van der Waals surface area (Å²) in [4.78, 5) is 20.2. The largest absolute Gasteiger partial charge is 0.369 e. The zero-order valence-corrected chi connectivity index (χ0v) is 21.9. The van der Waals surface area contributed by atoms with Gasteiger partial charge in [-0.2, -0.15) is 0 Å². The van der Waals surface area contributed by atoms with Crippen molar-refractivity contribution in [3.63, 3.8) is 0 Å². The zero-order valence-electron chi connectivity index (χ0n) is 21.1. The molecule has 1 amide bonds. The summed E-state index contributed by atoms with van der Waals surface area (Å²) in [5.41, 5.74) is 6.81. The normalized spacial score (nSPS) is 16.4. The van der Waals surface area contributed by atoms with Crippen molar-refractivity contribution in [3.8, 4) is 22.4 Å². The number of hydrogen-bond acceptors (Lipinski definition) is 4. The first kappa shape index (κ1) is 24.0. The molecule has 7 heteroatoms. The van der Waals surface area contributed by atoms with Gasteiger partial charge in [-0.25, -0.2) is 4.98 Å². The summed E-state index contributed by atoms with van der Waals surface area (Å²) >= 11 is 6.78. The lowest BCUT2D eigenvalue weighted by Crippen LogP contribution is -2.43. The van der Waals surface area contributed by atoms with Crippen molar-refractivity contribution in [1.82, 2.24) is 20.2 Å². The highest BCUT2D eigenvalue weighted by Crippen LogP contribution is 2.43. The van der Waals surface area contributed by atoms with Crippen molar-refractivity contribution in [1.29, 1.82) is 0 Å². The first-order chi connectivity index (χ1) is 18.1. The fourth-order valence-corrected chi connectivity index (χ4v) is 6.07. The molecule has 0 atom stereocenters. The molecule has 1 aliphatic carbocycles. The van der Waals surface area contributed by atoms with Gasteiger partial charge in [0.05, 0.1) is 10.7 Å². The fraction of sp³-hybridized carbons (Fsp3) is 0.333. The molecule has 3 heterocycles. The molecular weight excluding hydrogens is 482 g/mol. The number of fused-ring (bicyclic) bond motifs is 1. The molecule has 0 spiro atoms. The number of aryl methyl sites for hydroxylation is 1. The van der Waals surface area contributed by atoms with E-state index in [0.29, 0.717) is 10.6 Å². The van der Waals surface area contributed by atoms with Gasteiger partial charge in [0.1, 0.15) is 5.65 Å². The first-order valence-electron chi connectivity index (χ1n) is 13.2. The number of nitrogens with zero attached hydrogens (tertiary/aromatic N) is 3. The number of piperazine rings is 1. The predicted octanol–water partition coefficient (Wildman–Crippen LogP) is 5.64. The van der Waals surface area contributed by atoms with Crippen LogP contribution in [0.25, 0.3) is 33.4 Å². The molecule has 6 rings (SSSR count). The summed E-state index contributed by atoms with van der Waals surface area (Å²) in [5, 5.41) is 8.19. The van der Waals surface area contributed by atoms with E-state index in [4.69, 9.17) is 11.6 Å². The van der Waals surface area contributed by atoms with Gasteiger partial charge >= 0.3 is 0 Å². The highest BCUT2D eigenvalue weighted by atomic mass is 35.5. The lowest BCUT2D eigenvalue weighted by Gasteiger charge is -2.29. The molecule has 190 valence electrons. The third-order valence-corrected chi connectivity index (χ3v) is 8.06. The van der Waals surface area contributed by atoms with Crippen LogP contribution in [0.15, 0.2) is 60.8 Å². The van der Waals surface area contributed by atoms with Crippen LogP contribution in [0.3, 0.4) is 0 Å². The molecule has 1 saturated carbocycles. The Labute approximate surface area is 222 Å².